The zero-order valence-electron chi connectivity index (χ0n) is 11.2. The van der Waals surface area contributed by atoms with Gasteiger partial charge in [-0.25, -0.2) is 0 Å². The van der Waals surface area contributed by atoms with E-state index in [1.54, 1.807) is 7.11 Å². The van der Waals surface area contributed by atoms with E-state index in [9.17, 15) is 0 Å². The second-order valence-electron chi connectivity index (χ2n) is 4.29. The maximum absolute atomic E-state index is 6.31. The minimum absolute atomic E-state index is 0.0776. The first-order chi connectivity index (χ1) is 9.26. The van der Waals surface area contributed by atoms with Crippen molar-refractivity contribution in [2.45, 2.75) is 13.0 Å². The van der Waals surface area contributed by atoms with Gasteiger partial charge in [0.05, 0.1) is 13.2 Å². The molecule has 100 valence electrons. The molecule has 0 radical (unpaired) electrons. The SMILES string of the molecule is CCNC(c1cccc(OC)c1)c1ccccc1Cl. The van der Waals surface area contributed by atoms with Crippen LogP contribution in [0.4, 0.5) is 0 Å². The number of nitrogens with one attached hydrogen (secondary N) is 1. The molecule has 0 amide bonds. The molecule has 2 nitrogen and oxygen atoms in total. The van der Waals surface area contributed by atoms with E-state index in [2.05, 4.69) is 24.4 Å². The fourth-order valence-corrected chi connectivity index (χ4v) is 2.39. The van der Waals surface area contributed by atoms with Gasteiger partial charge in [0, 0.05) is 5.02 Å². The van der Waals surface area contributed by atoms with Gasteiger partial charge in [0.2, 0.25) is 0 Å². The number of hydrogen-bond donors (Lipinski definition) is 1. The van der Waals surface area contributed by atoms with Crippen molar-refractivity contribution in [3.05, 3.63) is 64.7 Å². The molecule has 0 bridgehead atoms. The lowest BCUT2D eigenvalue weighted by Gasteiger charge is -2.20. The maximum Gasteiger partial charge on any atom is 0.119 e. The Balaban J connectivity index is 2.42. The van der Waals surface area contributed by atoms with Gasteiger partial charge in [0.25, 0.3) is 0 Å². The molecule has 1 unspecified atom stereocenters. The van der Waals surface area contributed by atoms with Crippen molar-refractivity contribution < 1.29 is 4.74 Å². The van der Waals surface area contributed by atoms with Crippen LogP contribution in [0.25, 0.3) is 0 Å². The Morgan fingerprint density at radius 3 is 2.63 bits per heavy atom. The summed E-state index contributed by atoms with van der Waals surface area (Å²) in [6, 6.07) is 16.1. The molecule has 0 aliphatic heterocycles. The zero-order chi connectivity index (χ0) is 13.7. The molecule has 0 aliphatic carbocycles. The average molecular weight is 276 g/mol. The molecular formula is C16H18ClNO. The first kappa shape index (κ1) is 13.9. The Morgan fingerprint density at radius 2 is 1.95 bits per heavy atom. The first-order valence-corrected chi connectivity index (χ1v) is 6.75. The van der Waals surface area contributed by atoms with Crippen LogP contribution in [-0.4, -0.2) is 13.7 Å². The van der Waals surface area contributed by atoms with Crippen molar-refractivity contribution in [3.63, 3.8) is 0 Å². The minimum atomic E-state index is 0.0776. The lowest BCUT2D eigenvalue weighted by molar-refractivity contribution is 0.413. The first-order valence-electron chi connectivity index (χ1n) is 6.38. The van der Waals surface area contributed by atoms with Crippen LogP contribution < -0.4 is 10.1 Å². The Hall–Kier alpha value is -1.51. The highest BCUT2D eigenvalue weighted by Gasteiger charge is 2.16. The van der Waals surface area contributed by atoms with Gasteiger partial charge in [0.15, 0.2) is 0 Å². The third-order valence-electron chi connectivity index (χ3n) is 3.05. The van der Waals surface area contributed by atoms with E-state index in [0.29, 0.717) is 0 Å². The van der Waals surface area contributed by atoms with Crippen molar-refractivity contribution in [2.24, 2.45) is 0 Å². The van der Waals surface area contributed by atoms with Crippen molar-refractivity contribution in [1.29, 1.82) is 0 Å². The van der Waals surface area contributed by atoms with Crippen LogP contribution in [0, 0.1) is 0 Å². The van der Waals surface area contributed by atoms with E-state index in [1.165, 1.54) is 0 Å². The van der Waals surface area contributed by atoms with Crippen LogP contribution in [0.15, 0.2) is 48.5 Å². The van der Waals surface area contributed by atoms with Gasteiger partial charge in [-0.05, 0) is 35.9 Å². The average Bonchev–Trinajstić information content (AvgIpc) is 2.46. The van der Waals surface area contributed by atoms with E-state index in [0.717, 1.165) is 28.4 Å². The summed E-state index contributed by atoms with van der Waals surface area (Å²) < 4.78 is 5.29. The summed E-state index contributed by atoms with van der Waals surface area (Å²) >= 11 is 6.31. The molecule has 2 aromatic carbocycles. The van der Waals surface area contributed by atoms with E-state index in [1.807, 2.05) is 36.4 Å². The molecule has 2 aromatic rings. The predicted octanol–water partition coefficient (Wildman–Crippen LogP) is 4.05. The molecule has 0 spiro atoms. The summed E-state index contributed by atoms with van der Waals surface area (Å²) in [5.74, 6) is 0.854. The molecule has 0 saturated heterocycles. The molecule has 1 N–H and O–H groups in total. The van der Waals surface area contributed by atoms with Gasteiger partial charge >= 0.3 is 0 Å². The number of ether oxygens (including phenoxy) is 1. The van der Waals surface area contributed by atoms with Gasteiger partial charge < -0.3 is 10.1 Å². The number of halogens is 1. The Labute approximate surface area is 119 Å². The smallest absolute Gasteiger partial charge is 0.119 e. The molecule has 0 heterocycles. The van der Waals surface area contributed by atoms with Crippen LogP contribution in [0.1, 0.15) is 24.1 Å². The molecule has 19 heavy (non-hydrogen) atoms. The van der Waals surface area contributed by atoms with Crippen LogP contribution in [0.2, 0.25) is 5.02 Å². The van der Waals surface area contributed by atoms with E-state index < -0.39 is 0 Å². The maximum atomic E-state index is 6.31. The molecule has 1 atom stereocenters. The summed E-state index contributed by atoms with van der Waals surface area (Å²) in [7, 11) is 1.68. The lowest BCUT2D eigenvalue weighted by Crippen LogP contribution is -2.22. The standard InChI is InChI=1S/C16H18ClNO/c1-3-18-16(14-9-4-5-10-15(14)17)12-7-6-8-13(11-12)19-2/h4-11,16,18H,3H2,1-2H3. The minimum Gasteiger partial charge on any atom is -0.497 e. The van der Waals surface area contributed by atoms with E-state index in [4.69, 9.17) is 16.3 Å². The molecule has 2 rings (SSSR count). The molecule has 0 aliphatic rings. The van der Waals surface area contributed by atoms with Crippen molar-refractivity contribution >= 4 is 11.6 Å². The Bertz CT molecular complexity index is 542. The van der Waals surface area contributed by atoms with Crippen LogP contribution in [0.5, 0.6) is 5.75 Å². The fourth-order valence-electron chi connectivity index (χ4n) is 2.14. The highest BCUT2D eigenvalue weighted by molar-refractivity contribution is 6.31. The summed E-state index contributed by atoms with van der Waals surface area (Å²) in [5.41, 5.74) is 2.23. The quantitative estimate of drug-likeness (QED) is 0.889. The summed E-state index contributed by atoms with van der Waals surface area (Å²) in [6.45, 7) is 2.96. The largest absolute Gasteiger partial charge is 0.497 e. The van der Waals surface area contributed by atoms with Crippen LogP contribution in [-0.2, 0) is 0 Å². The monoisotopic (exact) mass is 275 g/mol. The van der Waals surface area contributed by atoms with Gasteiger partial charge in [0.1, 0.15) is 5.75 Å². The molecule has 0 aromatic heterocycles. The predicted molar refractivity (Wildman–Crippen MR) is 80.0 cm³/mol. The zero-order valence-corrected chi connectivity index (χ0v) is 11.9. The highest BCUT2D eigenvalue weighted by atomic mass is 35.5. The second kappa shape index (κ2) is 6.60. The van der Waals surface area contributed by atoms with Crippen LogP contribution in [0.3, 0.4) is 0 Å². The summed E-state index contributed by atoms with van der Waals surface area (Å²) in [4.78, 5) is 0. The third kappa shape index (κ3) is 3.28. The number of hydrogen-bond acceptors (Lipinski definition) is 2. The van der Waals surface area contributed by atoms with Gasteiger partial charge in [-0.3, -0.25) is 0 Å². The Kier molecular flexibility index (Phi) is 4.83. The lowest BCUT2D eigenvalue weighted by atomic mass is 9.98. The third-order valence-corrected chi connectivity index (χ3v) is 3.40. The molecule has 0 saturated carbocycles. The van der Waals surface area contributed by atoms with Gasteiger partial charge in [-0.15, -0.1) is 0 Å². The molecule has 0 fully saturated rings. The normalized spacial score (nSPS) is 12.2. The van der Waals surface area contributed by atoms with E-state index in [-0.39, 0.29) is 6.04 Å². The number of rotatable bonds is 5. The molecule has 3 heteroatoms. The topological polar surface area (TPSA) is 21.3 Å². The Morgan fingerprint density at radius 1 is 1.16 bits per heavy atom. The number of methoxy groups -OCH3 is 1. The summed E-state index contributed by atoms with van der Waals surface area (Å²) in [6.07, 6.45) is 0. The number of benzene rings is 2. The van der Waals surface area contributed by atoms with Gasteiger partial charge in [-0.2, -0.15) is 0 Å². The molecular weight excluding hydrogens is 258 g/mol. The highest BCUT2D eigenvalue weighted by Crippen LogP contribution is 2.29. The summed E-state index contributed by atoms with van der Waals surface area (Å²) in [5, 5.41) is 4.24. The van der Waals surface area contributed by atoms with E-state index >= 15 is 0 Å². The van der Waals surface area contributed by atoms with Crippen molar-refractivity contribution in [3.8, 4) is 5.75 Å². The van der Waals surface area contributed by atoms with Crippen molar-refractivity contribution in [1.82, 2.24) is 5.32 Å². The van der Waals surface area contributed by atoms with Crippen molar-refractivity contribution in [2.75, 3.05) is 13.7 Å². The fraction of sp³-hybridized carbons (Fsp3) is 0.250. The van der Waals surface area contributed by atoms with Gasteiger partial charge in [-0.1, -0.05) is 48.9 Å². The second-order valence-corrected chi connectivity index (χ2v) is 4.70. The van der Waals surface area contributed by atoms with Crippen LogP contribution >= 0.6 is 11.6 Å².